The molecule has 31 heavy (non-hydrogen) atoms. The third-order valence-corrected chi connectivity index (χ3v) is 6.17. The van der Waals surface area contributed by atoms with Gasteiger partial charge in [0.05, 0.1) is 23.8 Å². The molecule has 0 spiro atoms. The number of carbonyl (C=O) groups is 1. The zero-order valence-corrected chi connectivity index (χ0v) is 17.3. The van der Waals surface area contributed by atoms with Gasteiger partial charge in [0.2, 0.25) is 0 Å². The molecule has 2 aromatic heterocycles. The normalized spacial score (nSPS) is 15.1. The molecule has 0 N–H and O–H groups in total. The molecule has 4 aromatic rings. The molecule has 0 radical (unpaired) electrons. The number of aromatic nitrogens is 3. The van der Waals surface area contributed by atoms with Gasteiger partial charge in [-0.25, -0.2) is 8.91 Å². The maximum Gasteiger partial charge on any atom is 0.277 e. The summed E-state index contributed by atoms with van der Waals surface area (Å²) in [6.45, 7) is 3.98. The molecule has 5 rings (SSSR count). The lowest BCUT2D eigenvalue weighted by Crippen LogP contribution is -2.38. The van der Waals surface area contributed by atoms with Gasteiger partial charge in [0.15, 0.2) is 0 Å². The summed E-state index contributed by atoms with van der Waals surface area (Å²) in [6.07, 6.45) is 3.59. The first-order valence-corrected chi connectivity index (χ1v) is 10.6. The van der Waals surface area contributed by atoms with Gasteiger partial charge < -0.3 is 9.47 Å². The molecule has 0 unspecified atom stereocenters. The highest BCUT2D eigenvalue weighted by atomic mass is 19.1. The van der Waals surface area contributed by atoms with Crippen molar-refractivity contribution in [3.8, 4) is 0 Å². The SMILES string of the molecule is CC1CCN(C(=O)c2ccc3c(c2)n(Cc2ccc(F)cc2)c(=O)c2ccnn23)CC1. The van der Waals surface area contributed by atoms with Crippen LogP contribution in [0.2, 0.25) is 0 Å². The molecule has 7 heteroatoms. The third kappa shape index (κ3) is 3.50. The van der Waals surface area contributed by atoms with Gasteiger partial charge in [-0.2, -0.15) is 5.10 Å². The smallest absolute Gasteiger partial charge is 0.277 e. The molecule has 0 aliphatic carbocycles. The minimum atomic E-state index is -0.323. The van der Waals surface area contributed by atoms with E-state index < -0.39 is 0 Å². The minimum Gasteiger partial charge on any atom is -0.339 e. The van der Waals surface area contributed by atoms with E-state index in [4.69, 9.17) is 0 Å². The summed E-state index contributed by atoms with van der Waals surface area (Å²) >= 11 is 0. The van der Waals surface area contributed by atoms with Crippen molar-refractivity contribution >= 4 is 22.5 Å². The number of carbonyl (C=O) groups excluding carboxylic acids is 1. The maximum absolute atomic E-state index is 13.3. The third-order valence-electron chi connectivity index (χ3n) is 6.17. The van der Waals surface area contributed by atoms with Crippen molar-refractivity contribution in [1.82, 2.24) is 19.1 Å². The van der Waals surface area contributed by atoms with Crippen LogP contribution >= 0.6 is 0 Å². The van der Waals surface area contributed by atoms with E-state index in [0.717, 1.165) is 37.0 Å². The highest BCUT2D eigenvalue weighted by Gasteiger charge is 2.22. The number of hydrogen-bond acceptors (Lipinski definition) is 3. The number of fused-ring (bicyclic) bond motifs is 3. The summed E-state index contributed by atoms with van der Waals surface area (Å²) in [7, 11) is 0. The van der Waals surface area contributed by atoms with Crippen LogP contribution in [0.4, 0.5) is 4.39 Å². The Labute approximate surface area is 178 Å². The standard InChI is InChI=1S/C24H23FN4O2/c1-16-9-12-27(13-10-16)23(30)18-4-7-20-22(14-18)28(15-17-2-5-19(25)6-3-17)24(31)21-8-11-26-29(20)21/h2-8,11,14,16H,9-10,12-13,15H2,1H3. The molecule has 1 fully saturated rings. The van der Waals surface area contributed by atoms with Crippen LogP contribution in [0.5, 0.6) is 0 Å². The topological polar surface area (TPSA) is 59.6 Å². The van der Waals surface area contributed by atoms with Crippen LogP contribution in [0.3, 0.4) is 0 Å². The van der Waals surface area contributed by atoms with Gasteiger partial charge in [0, 0.05) is 18.7 Å². The van der Waals surface area contributed by atoms with Gasteiger partial charge in [0.25, 0.3) is 11.5 Å². The highest BCUT2D eigenvalue weighted by molar-refractivity contribution is 5.97. The van der Waals surface area contributed by atoms with Gasteiger partial charge in [-0.05, 0) is 60.7 Å². The highest BCUT2D eigenvalue weighted by Crippen LogP contribution is 2.22. The fourth-order valence-corrected chi connectivity index (χ4v) is 4.28. The van der Waals surface area contributed by atoms with E-state index in [2.05, 4.69) is 12.0 Å². The van der Waals surface area contributed by atoms with Crippen LogP contribution in [0.25, 0.3) is 16.6 Å². The van der Waals surface area contributed by atoms with Crippen molar-refractivity contribution in [3.05, 3.63) is 82.0 Å². The molecule has 1 aliphatic heterocycles. The van der Waals surface area contributed by atoms with E-state index in [1.165, 1.54) is 12.1 Å². The molecule has 1 saturated heterocycles. The van der Waals surface area contributed by atoms with Gasteiger partial charge in [0.1, 0.15) is 11.3 Å². The summed E-state index contributed by atoms with van der Waals surface area (Å²) in [5.41, 5.74) is 2.98. The Morgan fingerprint density at radius 3 is 2.52 bits per heavy atom. The molecular weight excluding hydrogens is 395 g/mol. The second-order valence-electron chi connectivity index (χ2n) is 8.32. The number of rotatable bonds is 3. The lowest BCUT2D eigenvalue weighted by atomic mass is 9.98. The Morgan fingerprint density at radius 2 is 1.77 bits per heavy atom. The lowest BCUT2D eigenvalue weighted by molar-refractivity contribution is 0.0697. The summed E-state index contributed by atoms with van der Waals surface area (Å²) in [6, 6.07) is 13.2. The van der Waals surface area contributed by atoms with Crippen molar-refractivity contribution in [1.29, 1.82) is 0 Å². The van der Waals surface area contributed by atoms with Crippen LogP contribution in [-0.2, 0) is 6.54 Å². The maximum atomic E-state index is 13.3. The molecule has 0 bridgehead atoms. The Bertz CT molecular complexity index is 1330. The summed E-state index contributed by atoms with van der Waals surface area (Å²) in [5, 5.41) is 4.30. The molecule has 2 aromatic carbocycles. The van der Waals surface area contributed by atoms with Crippen LogP contribution in [0.15, 0.2) is 59.5 Å². The number of hydrogen-bond donors (Lipinski definition) is 0. The zero-order chi connectivity index (χ0) is 21.5. The Kier molecular flexibility index (Phi) is 4.81. The number of likely N-dealkylation sites (tertiary alicyclic amines) is 1. The summed E-state index contributed by atoms with van der Waals surface area (Å²) in [5.74, 6) is 0.292. The number of amides is 1. The van der Waals surface area contributed by atoms with Crippen LogP contribution in [0.1, 0.15) is 35.7 Å². The van der Waals surface area contributed by atoms with E-state index in [0.29, 0.717) is 22.5 Å². The quantitative estimate of drug-likeness (QED) is 0.510. The first-order chi connectivity index (χ1) is 15.0. The van der Waals surface area contributed by atoms with E-state index in [1.54, 1.807) is 45.6 Å². The van der Waals surface area contributed by atoms with Crippen molar-refractivity contribution in [2.24, 2.45) is 5.92 Å². The van der Waals surface area contributed by atoms with Crippen LogP contribution in [0, 0.1) is 11.7 Å². The second-order valence-corrected chi connectivity index (χ2v) is 8.32. The predicted molar refractivity (Wildman–Crippen MR) is 117 cm³/mol. The summed E-state index contributed by atoms with van der Waals surface area (Å²) in [4.78, 5) is 28.2. The average Bonchev–Trinajstić information content (AvgIpc) is 3.28. The van der Waals surface area contributed by atoms with E-state index >= 15 is 0 Å². The van der Waals surface area contributed by atoms with Crippen molar-refractivity contribution in [2.45, 2.75) is 26.3 Å². The monoisotopic (exact) mass is 418 g/mol. The Hall–Kier alpha value is -3.48. The predicted octanol–water partition coefficient (Wildman–Crippen LogP) is 3.71. The fraction of sp³-hybridized carbons (Fsp3) is 0.292. The largest absolute Gasteiger partial charge is 0.339 e. The minimum absolute atomic E-state index is 0.0184. The average molecular weight is 418 g/mol. The van der Waals surface area contributed by atoms with Crippen molar-refractivity contribution in [3.63, 3.8) is 0 Å². The lowest BCUT2D eigenvalue weighted by Gasteiger charge is -2.30. The molecule has 1 aliphatic rings. The molecule has 0 atom stereocenters. The van der Waals surface area contributed by atoms with E-state index in [1.807, 2.05) is 11.0 Å². The van der Waals surface area contributed by atoms with Crippen molar-refractivity contribution < 1.29 is 9.18 Å². The molecule has 0 saturated carbocycles. The molecule has 3 heterocycles. The molecule has 1 amide bonds. The van der Waals surface area contributed by atoms with Gasteiger partial charge >= 0.3 is 0 Å². The van der Waals surface area contributed by atoms with Crippen molar-refractivity contribution in [2.75, 3.05) is 13.1 Å². The van der Waals surface area contributed by atoms with Crippen LogP contribution in [-0.4, -0.2) is 38.1 Å². The molecular formula is C24H23FN4O2. The number of nitrogens with zero attached hydrogens (tertiary/aromatic N) is 4. The van der Waals surface area contributed by atoms with Gasteiger partial charge in [-0.15, -0.1) is 0 Å². The van der Waals surface area contributed by atoms with E-state index in [-0.39, 0.29) is 23.8 Å². The zero-order valence-electron chi connectivity index (χ0n) is 17.3. The Balaban J connectivity index is 1.63. The first kappa shape index (κ1) is 19.5. The second kappa shape index (κ2) is 7.65. The number of benzene rings is 2. The number of halogens is 1. The van der Waals surface area contributed by atoms with Crippen LogP contribution < -0.4 is 5.56 Å². The number of piperidine rings is 1. The molecule has 6 nitrogen and oxygen atoms in total. The first-order valence-electron chi connectivity index (χ1n) is 10.6. The molecule has 158 valence electrons. The Morgan fingerprint density at radius 1 is 1.03 bits per heavy atom. The van der Waals surface area contributed by atoms with Gasteiger partial charge in [-0.1, -0.05) is 19.1 Å². The fourth-order valence-electron chi connectivity index (χ4n) is 4.28. The summed E-state index contributed by atoms with van der Waals surface area (Å²) < 4.78 is 16.6. The van der Waals surface area contributed by atoms with Gasteiger partial charge in [-0.3, -0.25) is 9.59 Å². The van der Waals surface area contributed by atoms with E-state index in [9.17, 15) is 14.0 Å².